The highest BCUT2D eigenvalue weighted by atomic mass is 16.3. The molecular weight excluding hydrogens is 292 g/mol. The average molecular weight is 318 g/mol. The zero-order valence-electron chi connectivity index (χ0n) is 14.0. The quantitative estimate of drug-likeness (QED) is 0.919. The molecule has 23 heavy (non-hydrogen) atoms. The summed E-state index contributed by atoms with van der Waals surface area (Å²) in [6, 6.07) is 4.00. The molecule has 2 aliphatic rings. The Hall–Kier alpha value is -1.69. The molecule has 3 rings (SSSR count). The molecule has 1 aliphatic heterocycles. The number of nitrogens with zero attached hydrogens (tertiary/aromatic N) is 4. The van der Waals surface area contributed by atoms with Crippen LogP contribution >= 0.6 is 0 Å². The molecule has 2 fully saturated rings. The van der Waals surface area contributed by atoms with Crippen LogP contribution in [0.1, 0.15) is 50.3 Å². The number of hydrogen-bond donors (Lipinski definition) is 1. The van der Waals surface area contributed by atoms with Gasteiger partial charge in [-0.25, -0.2) is 0 Å². The molecule has 1 aliphatic carbocycles. The van der Waals surface area contributed by atoms with Crippen LogP contribution in [0.25, 0.3) is 0 Å². The minimum atomic E-state index is -0.224. The van der Waals surface area contributed by atoms with Gasteiger partial charge >= 0.3 is 0 Å². The molecule has 1 unspecified atom stereocenters. The number of anilines is 1. The fourth-order valence-corrected chi connectivity index (χ4v) is 3.65. The number of aromatic nitrogens is 2. The van der Waals surface area contributed by atoms with Crippen LogP contribution in [0.2, 0.25) is 0 Å². The van der Waals surface area contributed by atoms with E-state index in [0.29, 0.717) is 0 Å². The lowest BCUT2D eigenvalue weighted by atomic mass is 9.86. The van der Waals surface area contributed by atoms with Crippen LogP contribution in [0.4, 0.5) is 5.82 Å². The van der Waals surface area contributed by atoms with Crippen molar-refractivity contribution in [1.82, 2.24) is 15.1 Å². The summed E-state index contributed by atoms with van der Waals surface area (Å²) in [4.78, 5) is 16.8. The van der Waals surface area contributed by atoms with Crippen molar-refractivity contribution in [2.75, 3.05) is 25.5 Å². The van der Waals surface area contributed by atoms with Crippen LogP contribution < -0.4 is 4.90 Å². The molecule has 1 atom stereocenters. The first kappa shape index (κ1) is 16.2. The highest BCUT2D eigenvalue weighted by Crippen LogP contribution is 2.35. The standard InChI is InChI=1S/C17H26N4O2/c1-20(2)16-10-9-14(18-19-16)15-4-3-11-21(15)17(23)12-5-7-13(22)8-6-12/h9-10,12-13,15,22H,3-8,11H2,1-2H3. The van der Waals surface area contributed by atoms with Crippen LogP contribution in [0.5, 0.6) is 0 Å². The molecular formula is C17H26N4O2. The first-order valence-corrected chi connectivity index (χ1v) is 8.55. The van der Waals surface area contributed by atoms with Crippen molar-refractivity contribution in [3.05, 3.63) is 17.8 Å². The number of aliphatic hydroxyl groups is 1. The fourth-order valence-electron chi connectivity index (χ4n) is 3.65. The van der Waals surface area contributed by atoms with Gasteiger partial charge in [0.2, 0.25) is 5.91 Å². The Balaban J connectivity index is 1.70. The van der Waals surface area contributed by atoms with Gasteiger partial charge in [-0.15, -0.1) is 5.10 Å². The Morgan fingerprint density at radius 2 is 1.91 bits per heavy atom. The van der Waals surface area contributed by atoms with Gasteiger partial charge in [-0.2, -0.15) is 5.10 Å². The highest BCUT2D eigenvalue weighted by molar-refractivity contribution is 5.79. The van der Waals surface area contributed by atoms with Gasteiger partial charge in [0.25, 0.3) is 0 Å². The normalized spacial score (nSPS) is 28.0. The molecule has 1 amide bonds. The van der Waals surface area contributed by atoms with Crippen LogP contribution in [0.3, 0.4) is 0 Å². The molecule has 6 nitrogen and oxygen atoms in total. The largest absolute Gasteiger partial charge is 0.393 e. The Kier molecular flexibility index (Phi) is 4.80. The molecule has 0 bridgehead atoms. The minimum absolute atomic E-state index is 0.0538. The van der Waals surface area contributed by atoms with Crippen molar-refractivity contribution in [2.24, 2.45) is 5.92 Å². The maximum absolute atomic E-state index is 12.9. The summed E-state index contributed by atoms with van der Waals surface area (Å²) in [5.41, 5.74) is 0.886. The summed E-state index contributed by atoms with van der Waals surface area (Å²) in [5, 5.41) is 18.2. The second-order valence-electron chi connectivity index (χ2n) is 6.91. The maximum atomic E-state index is 12.9. The van der Waals surface area contributed by atoms with Gasteiger partial charge in [-0.05, 0) is 50.7 Å². The molecule has 126 valence electrons. The number of aliphatic hydroxyl groups excluding tert-OH is 1. The van der Waals surface area contributed by atoms with E-state index in [9.17, 15) is 9.90 Å². The third-order valence-corrected chi connectivity index (χ3v) is 5.05. The van der Waals surface area contributed by atoms with Crippen molar-refractivity contribution >= 4 is 11.7 Å². The smallest absolute Gasteiger partial charge is 0.226 e. The average Bonchev–Trinajstić information content (AvgIpc) is 3.04. The lowest BCUT2D eigenvalue weighted by molar-refractivity contribution is -0.138. The lowest BCUT2D eigenvalue weighted by Crippen LogP contribution is -2.38. The van der Waals surface area contributed by atoms with E-state index in [1.165, 1.54) is 0 Å². The van der Waals surface area contributed by atoms with Crippen LogP contribution in [-0.2, 0) is 4.79 Å². The maximum Gasteiger partial charge on any atom is 0.226 e. The molecule has 1 aromatic heterocycles. The third-order valence-electron chi connectivity index (χ3n) is 5.05. The number of carbonyl (C=O) groups excluding carboxylic acids is 1. The Morgan fingerprint density at radius 1 is 1.17 bits per heavy atom. The zero-order valence-corrected chi connectivity index (χ0v) is 14.0. The Morgan fingerprint density at radius 3 is 2.52 bits per heavy atom. The SMILES string of the molecule is CN(C)c1ccc(C2CCCN2C(=O)C2CCC(O)CC2)nn1. The Bertz CT molecular complexity index is 538. The summed E-state index contributed by atoms with van der Waals surface area (Å²) in [6.45, 7) is 0.805. The molecule has 1 saturated carbocycles. The Labute approximate surface area is 137 Å². The predicted octanol–water partition coefficient (Wildman–Crippen LogP) is 1.76. The van der Waals surface area contributed by atoms with E-state index < -0.39 is 0 Å². The van der Waals surface area contributed by atoms with E-state index in [2.05, 4.69) is 10.2 Å². The number of carbonyl (C=O) groups is 1. The number of hydrogen-bond acceptors (Lipinski definition) is 5. The fraction of sp³-hybridized carbons (Fsp3) is 0.706. The second kappa shape index (κ2) is 6.83. The molecule has 1 aromatic rings. The first-order valence-electron chi connectivity index (χ1n) is 8.55. The minimum Gasteiger partial charge on any atom is -0.393 e. The van der Waals surface area contributed by atoms with Gasteiger partial charge in [0, 0.05) is 26.6 Å². The summed E-state index contributed by atoms with van der Waals surface area (Å²) in [7, 11) is 3.87. The van der Waals surface area contributed by atoms with Gasteiger partial charge in [-0.1, -0.05) is 0 Å². The van der Waals surface area contributed by atoms with E-state index in [0.717, 1.165) is 56.6 Å². The molecule has 1 saturated heterocycles. The van der Waals surface area contributed by atoms with E-state index in [1.807, 2.05) is 36.0 Å². The molecule has 0 radical (unpaired) electrons. The van der Waals surface area contributed by atoms with Gasteiger partial charge in [0.05, 0.1) is 17.8 Å². The summed E-state index contributed by atoms with van der Waals surface area (Å²) in [6.07, 6.45) is 4.83. The van der Waals surface area contributed by atoms with E-state index in [4.69, 9.17) is 0 Å². The first-order chi connectivity index (χ1) is 11.1. The van der Waals surface area contributed by atoms with Crippen LogP contribution in [-0.4, -0.2) is 52.9 Å². The van der Waals surface area contributed by atoms with Gasteiger partial charge in [-0.3, -0.25) is 4.79 Å². The van der Waals surface area contributed by atoms with Crippen molar-refractivity contribution in [3.8, 4) is 0 Å². The zero-order chi connectivity index (χ0) is 16.4. The van der Waals surface area contributed by atoms with E-state index in [1.54, 1.807) is 0 Å². The summed E-state index contributed by atoms with van der Waals surface area (Å²) in [5.74, 6) is 1.12. The van der Waals surface area contributed by atoms with E-state index in [-0.39, 0.29) is 24.0 Å². The van der Waals surface area contributed by atoms with Crippen molar-refractivity contribution in [3.63, 3.8) is 0 Å². The van der Waals surface area contributed by atoms with Gasteiger partial charge < -0.3 is 14.9 Å². The van der Waals surface area contributed by atoms with Crippen molar-refractivity contribution < 1.29 is 9.90 Å². The van der Waals surface area contributed by atoms with Crippen LogP contribution in [0.15, 0.2) is 12.1 Å². The van der Waals surface area contributed by atoms with Crippen molar-refractivity contribution in [2.45, 2.75) is 50.7 Å². The predicted molar refractivity (Wildman–Crippen MR) is 88.0 cm³/mol. The van der Waals surface area contributed by atoms with Gasteiger partial charge in [0.1, 0.15) is 0 Å². The summed E-state index contributed by atoms with van der Waals surface area (Å²) < 4.78 is 0. The lowest BCUT2D eigenvalue weighted by Gasteiger charge is -2.31. The highest BCUT2D eigenvalue weighted by Gasteiger charge is 2.36. The number of likely N-dealkylation sites (tertiary alicyclic amines) is 1. The summed E-state index contributed by atoms with van der Waals surface area (Å²) >= 11 is 0. The molecule has 2 heterocycles. The van der Waals surface area contributed by atoms with Crippen molar-refractivity contribution in [1.29, 1.82) is 0 Å². The third kappa shape index (κ3) is 3.47. The molecule has 0 aromatic carbocycles. The number of rotatable bonds is 3. The van der Waals surface area contributed by atoms with Gasteiger partial charge in [0.15, 0.2) is 5.82 Å². The molecule has 0 spiro atoms. The second-order valence-corrected chi connectivity index (χ2v) is 6.91. The van der Waals surface area contributed by atoms with Crippen LogP contribution in [0, 0.1) is 5.92 Å². The monoisotopic (exact) mass is 318 g/mol. The number of amides is 1. The molecule has 1 N–H and O–H groups in total. The molecule has 6 heteroatoms. The topological polar surface area (TPSA) is 69.6 Å². The van der Waals surface area contributed by atoms with E-state index >= 15 is 0 Å².